The molecule has 3 amide bonds. The van der Waals surface area contributed by atoms with Crippen LogP contribution in [0.15, 0.2) is 66.9 Å². The zero-order valence-corrected chi connectivity index (χ0v) is 23.2. The number of hydrogen-bond acceptors (Lipinski definition) is 6. The van der Waals surface area contributed by atoms with Crippen molar-refractivity contribution in [2.24, 2.45) is 5.73 Å². The number of carboxylic acids is 3. The molecule has 0 unspecified atom stereocenters. The van der Waals surface area contributed by atoms with E-state index in [1.165, 1.54) is 6.20 Å². The molecule has 0 radical (unpaired) electrons. The summed E-state index contributed by atoms with van der Waals surface area (Å²) < 4.78 is 0. The van der Waals surface area contributed by atoms with Gasteiger partial charge in [0.1, 0.15) is 12.1 Å². The molecule has 6 N–H and O–H groups in total. The Kier molecular flexibility index (Phi) is 9.71. The molecular weight excluding hydrogens is 556 g/mol. The van der Waals surface area contributed by atoms with Gasteiger partial charge in [-0.05, 0) is 60.1 Å². The minimum Gasteiger partial charge on any atom is -0.481 e. The number of urea groups is 1. The van der Waals surface area contributed by atoms with Crippen LogP contribution in [-0.2, 0) is 14.4 Å². The van der Waals surface area contributed by atoms with Crippen LogP contribution in [-0.4, -0.2) is 73.7 Å². The van der Waals surface area contributed by atoms with E-state index < -0.39 is 48.9 Å². The Morgan fingerprint density at radius 3 is 1.91 bits per heavy atom. The number of aromatic nitrogens is 1. The van der Waals surface area contributed by atoms with Crippen LogP contribution in [0.1, 0.15) is 65.2 Å². The summed E-state index contributed by atoms with van der Waals surface area (Å²) in [5.41, 5.74) is 11.1. The monoisotopic (exact) mass is 588 g/mol. The van der Waals surface area contributed by atoms with Crippen LogP contribution in [0.5, 0.6) is 0 Å². The van der Waals surface area contributed by atoms with Crippen LogP contribution in [0.2, 0.25) is 0 Å². The number of hydrogen-bond donors (Lipinski definition) is 5. The van der Waals surface area contributed by atoms with Gasteiger partial charge >= 0.3 is 23.9 Å². The predicted octanol–water partition coefficient (Wildman–Crippen LogP) is 3.29. The minimum absolute atomic E-state index is 0.0449. The molecule has 224 valence electrons. The standard InChI is InChI=1S/C31H32N4O8/c32-31(43)35(25(30(41)42)14-15-26(36)37)24(29(39)40)11-5-6-16-33-28(38)18-12-13-23(34-17-18)27-21-9-3-1-7-19(21)20-8-2-4-10-22(20)27/h1-4,7-10,12-13,17,24-25,27H,5-6,11,14-16H2,(H2,32,43)(H,33,38)(H,36,37)(H,39,40)(H,41,42)/t24-,25-/m0/s1. The van der Waals surface area contributed by atoms with Crippen LogP contribution in [0.25, 0.3) is 11.1 Å². The molecule has 0 spiro atoms. The smallest absolute Gasteiger partial charge is 0.326 e. The summed E-state index contributed by atoms with van der Waals surface area (Å²) in [5.74, 6) is -4.73. The number of unbranched alkanes of at least 4 members (excludes halogenated alkanes) is 1. The highest BCUT2D eigenvalue weighted by Gasteiger charge is 2.38. The summed E-state index contributed by atoms with van der Waals surface area (Å²) in [7, 11) is 0. The van der Waals surface area contributed by atoms with Gasteiger partial charge in [-0.15, -0.1) is 0 Å². The normalized spacial score (nSPS) is 13.3. The molecule has 0 fully saturated rings. The summed E-state index contributed by atoms with van der Waals surface area (Å²) >= 11 is 0. The van der Waals surface area contributed by atoms with E-state index in [0.717, 1.165) is 27.9 Å². The third-order valence-corrected chi connectivity index (χ3v) is 7.50. The maximum Gasteiger partial charge on any atom is 0.326 e. The van der Waals surface area contributed by atoms with Gasteiger partial charge in [-0.2, -0.15) is 0 Å². The van der Waals surface area contributed by atoms with E-state index in [2.05, 4.69) is 34.6 Å². The zero-order chi connectivity index (χ0) is 31.1. The van der Waals surface area contributed by atoms with Crippen molar-refractivity contribution >= 4 is 29.8 Å². The Balaban J connectivity index is 1.34. The fraction of sp³-hybridized carbons (Fsp3) is 0.290. The Labute approximate surface area is 247 Å². The van der Waals surface area contributed by atoms with Crippen LogP contribution < -0.4 is 11.1 Å². The molecule has 0 aliphatic heterocycles. The first kappa shape index (κ1) is 30.7. The van der Waals surface area contributed by atoms with Crippen molar-refractivity contribution < 1.29 is 39.3 Å². The van der Waals surface area contributed by atoms with E-state index in [1.807, 2.05) is 30.3 Å². The lowest BCUT2D eigenvalue weighted by Gasteiger charge is -2.32. The van der Waals surface area contributed by atoms with Gasteiger partial charge in [0.15, 0.2) is 0 Å². The maximum absolute atomic E-state index is 12.7. The van der Waals surface area contributed by atoms with Crippen LogP contribution in [0.4, 0.5) is 4.79 Å². The third kappa shape index (κ3) is 6.97. The maximum atomic E-state index is 12.7. The molecule has 0 saturated heterocycles. The zero-order valence-electron chi connectivity index (χ0n) is 23.2. The molecule has 1 aromatic heterocycles. The SMILES string of the molecule is NC(=O)N([C@@H](CCCCNC(=O)c1ccc(C2c3ccccc3-c3ccccc32)nc1)C(=O)O)[C@@H](CCC(=O)O)C(=O)O. The van der Waals surface area contributed by atoms with Crippen LogP contribution in [0, 0.1) is 0 Å². The van der Waals surface area contributed by atoms with Crippen LogP contribution in [0.3, 0.4) is 0 Å². The molecule has 4 rings (SSSR count). The largest absolute Gasteiger partial charge is 0.481 e. The first-order valence-corrected chi connectivity index (χ1v) is 13.8. The highest BCUT2D eigenvalue weighted by molar-refractivity contribution is 5.94. The molecule has 12 heteroatoms. The number of pyridine rings is 1. The Hall–Kier alpha value is -5.26. The lowest BCUT2D eigenvalue weighted by atomic mass is 9.93. The number of carbonyl (C=O) groups excluding carboxylic acids is 2. The van der Waals surface area contributed by atoms with Crippen molar-refractivity contribution in [2.45, 2.75) is 50.1 Å². The highest BCUT2D eigenvalue weighted by Crippen LogP contribution is 2.47. The molecule has 43 heavy (non-hydrogen) atoms. The number of primary amides is 1. The van der Waals surface area contributed by atoms with Crippen molar-refractivity contribution in [3.63, 3.8) is 0 Å². The molecular formula is C31H32N4O8. The molecule has 1 aliphatic carbocycles. The van der Waals surface area contributed by atoms with E-state index in [0.29, 0.717) is 16.9 Å². The molecule has 2 aromatic carbocycles. The number of rotatable bonds is 14. The van der Waals surface area contributed by atoms with E-state index in [-0.39, 0.29) is 31.2 Å². The van der Waals surface area contributed by atoms with Crippen molar-refractivity contribution in [1.82, 2.24) is 15.2 Å². The number of nitrogens with zero attached hydrogens (tertiary/aromatic N) is 2. The Morgan fingerprint density at radius 2 is 1.40 bits per heavy atom. The van der Waals surface area contributed by atoms with Gasteiger partial charge in [-0.25, -0.2) is 14.4 Å². The average molecular weight is 589 g/mol. The second-order valence-electron chi connectivity index (χ2n) is 10.2. The topological polar surface area (TPSA) is 200 Å². The second kappa shape index (κ2) is 13.6. The van der Waals surface area contributed by atoms with Crippen molar-refractivity contribution in [3.8, 4) is 11.1 Å². The van der Waals surface area contributed by atoms with E-state index >= 15 is 0 Å². The van der Waals surface area contributed by atoms with Crippen molar-refractivity contribution in [1.29, 1.82) is 0 Å². The fourth-order valence-corrected chi connectivity index (χ4v) is 5.50. The third-order valence-electron chi connectivity index (χ3n) is 7.50. The van der Waals surface area contributed by atoms with Gasteiger partial charge in [0.25, 0.3) is 5.91 Å². The average Bonchev–Trinajstić information content (AvgIpc) is 3.31. The number of nitrogens with one attached hydrogen (secondary N) is 1. The number of fused-ring (bicyclic) bond motifs is 3. The van der Waals surface area contributed by atoms with Gasteiger partial charge in [0, 0.05) is 19.2 Å². The number of aliphatic carboxylic acids is 3. The number of amides is 3. The fourth-order valence-electron chi connectivity index (χ4n) is 5.50. The lowest BCUT2D eigenvalue weighted by Crippen LogP contribution is -2.55. The Morgan fingerprint density at radius 1 is 0.814 bits per heavy atom. The lowest BCUT2D eigenvalue weighted by molar-refractivity contribution is -0.149. The summed E-state index contributed by atoms with van der Waals surface area (Å²) in [4.78, 5) is 64.3. The summed E-state index contributed by atoms with van der Waals surface area (Å²) in [6, 6.07) is 15.3. The summed E-state index contributed by atoms with van der Waals surface area (Å²) in [6.07, 6.45) is 0.824. The summed E-state index contributed by atoms with van der Waals surface area (Å²) in [5, 5.41) is 30.8. The van der Waals surface area contributed by atoms with Crippen LogP contribution >= 0.6 is 0 Å². The quantitative estimate of drug-likeness (QED) is 0.137. The minimum atomic E-state index is -1.71. The molecule has 1 heterocycles. The molecule has 12 nitrogen and oxygen atoms in total. The first-order chi connectivity index (χ1) is 20.6. The van der Waals surface area contributed by atoms with Gasteiger partial charge in [0.05, 0.1) is 17.2 Å². The van der Waals surface area contributed by atoms with E-state index in [1.54, 1.807) is 6.07 Å². The molecule has 3 aromatic rings. The molecule has 2 atom stereocenters. The highest BCUT2D eigenvalue weighted by atomic mass is 16.4. The van der Waals surface area contributed by atoms with E-state index in [4.69, 9.17) is 10.8 Å². The molecule has 1 aliphatic rings. The predicted molar refractivity (Wildman–Crippen MR) is 154 cm³/mol. The van der Waals surface area contributed by atoms with Gasteiger partial charge in [-0.1, -0.05) is 48.5 Å². The van der Waals surface area contributed by atoms with Crippen molar-refractivity contribution in [2.75, 3.05) is 6.54 Å². The second-order valence-corrected chi connectivity index (χ2v) is 10.2. The van der Waals surface area contributed by atoms with Crippen molar-refractivity contribution in [3.05, 3.63) is 89.2 Å². The molecule has 0 saturated carbocycles. The number of carbonyl (C=O) groups is 5. The van der Waals surface area contributed by atoms with E-state index in [9.17, 15) is 34.2 Å². The Bertz CT molecular complexity index is 1480. The first-order valence-electron chi connectivity index (χ1n) is 13.8. The number of carboxylic acid groups (broad SMARTS) is 3. The van der Waals surface area contributed by atoms with Gasteiger partial charge in [0.2, 0.25) is 0 Å². The summed E-state index contributed by atoms with van der Waals surface area (Å²) in [6.45, 7) is 0.189. The number of benzene rings is 2. The van der Waals surface area contributed by atoms with Gasteiger partial charge in [-0.3, -0.25) is 19.5 Å². The van der Waals surface area contributed by atoms with Gasteiger partial charge < -0.3 is 26.4 Å². The molecule has 0 bridgehead atoms. The number of nitrogens with two attached hydrogens (primary N) is 1.